The number of aliphatic hydroxyl groups is 3. The molecule has 0 aliphatic carbocycles. The van der Waals surface area contributed by atoms with Gasteiger partial charge in [-0.25, -0.2) is 0 Å². The van der Waals surface area contributed by atoms with Gasteiger partial charge >= 0.3 is 0 Å². The lowest BCUT2D eigenvalue weighted by atomic mass is 10.0. The molecule has 2 heterocycles. The fourth-order valence-electron chi connectivity index (χ4n) is 2.36. The molecule has 1 aliphatic rings. The zero-order valence-corrected chi connectivity index (χ0v) is 9.68. The van der Waals surface area contributed by atoms with Gasteiger partial charge < -0.3 is 24.6 Å². The predicted molar refractivity (Wildman–Crippen MR) is 64.9 cm³/mol. The second-order valence-corrected chi connectivity index (χ2v) is 4.55. The molecule has 96 valence electrons. The summed E-state index contributed by atoms with van der Waals surface area (Å²) in [6.45, 7) is 0.00933. The topological polar surface area (TPSA) is 74.8 Å². The van der Waals surface area contributed by atoms with Crippen LogP contribution < -0.4 is 0 Å². The Balaban J connectivity index is 1.99. The average Bonchev–Trinajstić information content (AvgIpc) is 2.80. The van der Waals surface area contributed by atoms with Crippen molar-refractivity contribution >= 4 is 10.9 Å². The van der Waals surface area contributed by atoms with Gasteiger partial charge in [-0.05, 0) is 17.5 Å². The third-order valence-corrected chi connectivity index (χ3v) is 3.38. The molecule has 1 aromatic heterocycles. The third-order valence-electron chi connectivity index (χ3n) is 3.38. The fourth-order valence-corrected chi connectivity index (χ4v) is 2.36. The first-order valence-electron chi connectivity index (χ1n) is 5.90. The van der Waals surface area contributed by atoms with Crippen molar-refractivity contribution in [3.8, 4) is 0 Å². The standard InChI is InChI=1S/C13H15NO4/c15-10-7-18-13(12(17)11(10)16)14-6-5-8-3-1-2-4-9(8)14/h1-6,10-13,15-17H,7H2/t10-,11-,12-,13+/m1/s1. The molecule has 0 amide bonds. The van der Waals surface area contributed by atoms with Gasteiger partial charge in [0.2, 0.25) is 0 Å². The Labute approximate surface area is 104 Å². The van der Waals surface area contributed by atoms with E-state index < -0.39 is 24.5 Å². The van der Waals surface area contributed by atoms with Crippen molar-refractivity contribution in [3.63, 3.8) is 0 Å². The monoisotopic (exact) mass is 249 g/mol. The summed E-state index contributed by atoms with van der Waals surface area (Å²) in [5.74, 6) is 0. The molecule has 1 aromatic carbocycles. The first-order chi connectivity index (χ1) is 8.68. The summed E-state index contributed by atoms with van der Waals surface area (Å²) in [4.78, 5) is 0. The second kappa shape index (κ2) is 4.37. The SMILES string of the molecule is O[C@@H]1[C@H](O)[C@H](O)CO[C@@H]1n1ccc2ccccc21. The largest absolute Gasteiger partial charge is 0.388 e. The Morgan fingerprint density at radius 1 is 1.06 bits per heavy atom. The van der Waals surface area contributed by atoms with Crippen LogP contribution >= 0.6 is 0 Å². The average molecular weight is 249 g/mol. The van der Waals surface area contributed by atoms with Crippen LogP contribution in [-0.2, 0) is 4.74 Å². The quantitative estimate of drug-likeness (QED) is 0.677. The Hall–Kier alpha value is -1.40. The minimum atomic E-state index is -1.19. The molecule has 1 fully saturated rings. The van der Waals surface area contributed by atoms with E-state index in [4.69, 9.17) is 4.74 Å². The van der Waals surface area contributed by atoms with E-state index >= 15 is 0 Å². The minimum absolute atomic E-state index is 0.00933. The van der Waals surface area contributed by atoms with Gasteiger partial charge in [0, 0.05) is 6.20 Å². The van der Waals surface area contributed by atoms with E-state index in [-0.39, 0.29) is 6.61 Å². The van der Waals surface area contributed by atoms with Crippen molar-refractivity contribution in [2.45, 2.75) is 24.5 Å². The number of hydrogen-bond donors (Lipinski definition) is 3. The molecule has 0 bridgehead atoms. The van der Waals surface area contributed by atoms with Crippen LogP contribution in [0.2, 0.25) is 0 Å². The van der Waals surface area contributed by atoms with Crippen LogP contribution in [0.15, 0.2) is 36.5 Å². The van der Waals surface area contributed by atoms with Crippen LogP contribution in [0, 0.1) is 0 Å². The second-order valence-electron chi connectivity index (χ2n) is 4.55. The minimum Gasteiger partial charge on any atom is -0.388 e. The summed E-state index contributed by atoms with van der Waals surface area (Å²) in [6.07, 6.45) is -2.25. The summed E-state index contributed by atoms with van der Waals surface area (Å²) in [5.41, 5.74) is 0.921. The Kier molecular flexibility index (Phi) is 2.83. The molecule has 18 heavy (non-hydrogen) atoms. The van der Waals surface area contributed by atoms with Gasteiger partial charge in [-0.3, -0.25) is 0 Å². The van der Waals surface area contributed by atoms with Crippen LogP contribution in [0.3, 0.4) is 0 Å². The van der Waals surface area contributed by atoms with Crippen LogP contribution in [-0.4, -0.2) is 44.8 Å². The zero-order valence-electron chi connectivity index (χ0n) is 9.68. The summed E-state index contributed by atoms with van der Waals surface area (Å²) in [7, 11) is 0. The Morgan fingerprint density at radius 2 is 1.83 bits per heavy atom. The first-order valence-corrected chi connectivity index (χ1v) is 5.90. The maximum absolute atomic E-state index is 9.98. The molecule has 5 heteroatoms. The Bertz CT molecular complexity index is 553. The molecule has 3 rings (SSSR count). The lowest BCUT2D eigenvalue weighted by Gasteiger charge is -2.36. The maximum Gasteiger partial charge on any atom is 0.162 e. The molecule has 4 atom stereocenters. The molecule has 1 aliphatic heterocycles. The molecule has 0 spiro atoms. The number of para-hydroxylation sites is 1. The van der Waals surface area contributed by atoms with Crippen LogP contribution in [0.5, 0.6) is 0 Å². The van der Waals surface area contributed by atoms with Gasteiger partial charge in [0.1, 0.15) is 18.3 Å². The molecule has 1 saturated heterocycles. The fraction of sp³-hybridized carbons (Fsp3) is 0.385. The molecule has 2 aromatic rings. The van der Waals surface area contributed by atoms with Gasteiger partial charge in [0.15, 0.2) is 6.23 Å². The number of aliphatic hydroxyl groups excluding tert-OH is 3. The molecular formula is C13H15NO4. The normalized spacial score (nSPS) is 32.8. The molecular weight excluding hydrogens is 234 g/mol. The van der Waals surface area contributed by atoms with Crippen molar-refractivity contribution in [1.82, 2.24) is 4.57 Å². The van der Waals surface area contributed by atoms with Gasteiger partial charge in [0.05, 0.1) is 12.1 Å². The highest BCUT2D eigenvalue weighted by Gasteiger charge is 2.38. The molecule has 0 saturated carbocycles. The van der Waals surface area contributed by atoms with E-state index in [1.165, 1.54) is 0 Å². The predicted octanol–water partition coefficient (Wildman–Crippen LogP) is 0.253. The van der Waals surface area contributed by atoms with Crippen molar-refractivity contribution in [2.75, 3.05) is 6.61 Å². The highest BCUT2D eigenvalue weighted by Crippen LogP contribution is 2.28. The number of rotatable bonds is 1. The van der Waals surface area contributed by atoms with E-state index in [9.17, 15) is 15.3 Å². The van der Waals surface area contributed by atoms with Crippen molar-refractivity contribution in [2.24, 2.45) is 0 Å². The van der Waals surface area contributed by atoms with Crippen LogP contribution in [0.4, 0.5) is 0 Å². The smallest absolute Gasteiger partial charge is 0.162 e. The summed E-state index contributed by atoms with van der Waals surface area (Å²) >= 11 is 0. The molecule has 0 unspecified atom stereocenters. The van der Waals surface area contributed by atoms with E-state index in [0.29, 0.717) is 0 Å². The van der Waals surface area contributed by atoms with E-state index in [2.05, 4.69) is 0 Å². The lowest BCUT2D eigenvalue weighted by molar-refractivity contribution is -0.209. The number of aromatic nitrogens is 1. The third kappa shape index (κ3) is 1.72. The number of nitrogens with zero attached hydrogens (tertiary/aromatic N) is 1. The van der Waals surface area contributed by atoms with E-state index in [0.717, 1.165) is 10.9 Å². The zero-order chi connectivity index (χ0) is 12.7. The highest BCUT2D eigenvalue weighted by molar-refractivity contribution is 5.80. The van der Waals surface area contributed by atoms with Crippen molar-refractivity contribution in [1.29, 1.82) is 0 Å². The molecule has 3 N–H and O–H groups in total. The van der Waals surface area contributed by atoms with E-state index in [1.54, 1.807) is 4.57 Å². The molecule has 5 nitrogen and oxygen atoms in total. The van der Waals surface area contributed by atoms with E-state index in [1.807, 2.05) is 36.5 Å². The van der Waals surface area contributed by atoms with Gasteiger partial charge in [0.25, 0.3) is 0 Å². The number of ether oxygens (including phenoxy) is 1. The summed E-state index contributed by atoms with van der Waals surface area (Å²) in [5, 5.41) is 30.1. The van der Waals surface area contributed by atoms with Gasteiger partial charge in [-0.2, -0.15) is 0 Å². The number of fused-ring (bicyclic) bond motifs is 1. The van der Waals surface area contributed by atoms with Crippen LogP contribution in [0.25, 0.3) is 10.9 Å². The number of benzene rings is 1. The van der Waals surface area contributed by atoms with Gasteiger partial charge in [-0.1, -0.05) is 18.2 Å². The summed E-state index contributed by atoms with van der Waals surface area (Å²) < 4.78 is 7.20. The number of hydrogen-bond acceptors (Lipinski definition) is 4. The van der Waals surface area contributed by atoms with Crippen molar-refractivity contribution in [3.05, 3.63) is 36.5 Å². The van der Waals surface area contributed by atoms with Crippen molar-refractivity contribution < 1.29 is 20.1 Å². The highest BCUT2D eigenvalue weighted by atomic mass is 16.5. The van der Waals surface area contributed by atoms with Crippen LogP contribution in [0.1, 0.15) is 6.23 Å². The summed E-state index contributed by atoms with van der Waals surface area (Å²) in [6, 6.07) is 9.64. The molecule has 0 radical (unpaired) electrons. The Morgan fingerprint density at radius 3 is 2.67 bits per heavy atom. The maximum atomic E-state index is 9.98. The lowest BCUT2D eigenvalue weighted by Crippen LogP contribution is -2.50. The van der Waals surface area contributed by atoms with Gasteiger partial charge in [-0.15, -0.1) is 0 Å². The first kappa shape index (κ1) is 11.7.